The molecule has 0 rings (SSSR count). The second kappa shape index (κ2) is 17.4. The summed E-state index contributed by atoms with van der Waals surface area (Å²) in [6.45, 7) is 0. The summed E-state index contributed by atoms with van der Waals surface area (Å²) < 4.78 is 34.5. The average Bonchev–Trinajstić information content (AvgIpc) is 1.79. The first kappa shape index (κ1) is 26.9. The van der Waals surface area contributed by atoms with Gasteiger partial charge in [-0.3, -0.25) is 0 Å². The van der Waals surface area contributed by atoms with Crippen LogP contribution in [-0.2, 0) is 31.7 Å². The van der Waals surface area contributed by atoms with Crippen LogP contribution >= 0.6 is 0 Å². The number of carboxylic acid groups (broad SMARTS) is 2. The van der Waals surface area contributed by atoms with Crippen molar-refractivity contribution in [3.63, 3.8) is 0 Å². The van der Waals surface area contributed by atoms with Gasteiger partial charge in [0.25, 0.3) is 0 Å². The Labute approximate surface area is 181 Å². The largest absolute Gasteiger partial charge is 1.00 e. The zero-order valence-electron chi connectivity index (χ0n) is 8.57. The molecule has 0 aromatic rings. The summed E-state index contributed by atoms with van der Waals surface area (Å²) >= 11 is -4.52. The smallest absolute Gasteiger partial charge is 0.549 e. The van der Waals surface area contributed by atoms with Crippen LogP contribution in [0.4, 0.5) is 0 Å². The van der Waals surface area contributed by atoms with E-state index in [1.807, 2.05) is 0 Å². The van der Waals surface area contributed by atoms with Crippen molar-refractivity contribution in [3.8, 4) is 0 Å². The predicted octanol–water partition coefficient (Wildman–Crippen LogP) is -10.1. The molecule has 2 N–H and O–H groups in total. The molecule has 0 aliphatic carbocycles. The van der Waals surface area contributed by atoms with E-state index in [0.717, 1.165) is 0 Å². The van der Waals surface area contributed by atoms with Crippen LogP contribution in [-0.4, -0.2) is 41.0 Å². The fraction of sp³-hybridized carbons (Fsp3) is 0.500. The van der Waals surface area contributed by atoms with Crippen molar-refractivity contribution in [3.05, 3.63) is 0 Å². The predicted molar refractivity (Wildman–Crippen MR) is 41.3 cm³/mol. The molecule has 8 nitrogen and oxygen atoms in total. The van der Waals surface area contributed by atoms with Gasteiger partial charge in [0.1, 0.15) is 0 Å². The Morgan fingerprint density at radius 1 is 0.875 bits per heavy atom. The second-order valence-corrected chi connectivity index (χ2v) is 3.54. The third-order valence-corrected chi connectivity index (χ3v) is 1.45. The van der Waals surface area contributed by atoms with Crippen molar-refractivity contribution in [1.29, 1.82) is 0 Å². The minimum absolute atomic E-state index is 0. The molecule has 84 valence electrons. The van der Waals surface area contributed by atoms with Gasteiger partial charge >= 0.3 is 103 Å². The zero-order chi connectivity index (χ0) is 11.7. The molecule has 16 heavy (non-hydrogen) atoms. The van der Waals surface area contributed by atoms with Crippen molar-refractivity contribution in [2.45, 2.75) is 0 Å². The molecule has 0 amide bonds. The Bertz CT molecular complexity index is 206. The Kier molecular flexibility index (Phi) is 29.3. The topological polar surface area (TPSA) is 155 Å². The maximum Gasteiger partial charge on any atom is 1.00 e. The standard InChI is InChI=1S/2C2H4O4S.2K/c2*3-2(4)1-7(5)6;;/h2*1H2,(H,3,4)(H,5,6);;/q;;2*+1/p-2. The van der Waals surface area contributed by atoms with E-state index in [1.165, 1.54) is 0 Å². The van der Waals surface area contributed by atoms with Crippen LogP contribution in [0.25, 0.3) is 0 Å². The van der Waals surface area contributed by atoms with Gasteiger partial charge in [0.2, 0.25) is 0 Å². The monoisotopic (exact) mass is 324 g/mol. The number of carbonyl (C=O) groups is 2. The molecule has 0 heterocycles. The van der Waals surface area contributed by atoms with Crippen LogP contribution in [0.1, 0.15) is 0 Å². The summed E-state index contributed by atoms with van der Waals surface area (Å²) in [6, 6.07) is 0. The van der Waals surface area contributed by atoms with Crippen LogP contribution in [0.15, 0.2) is 0 Å². The molecule has 12 heteroatoms. The van der Waals surface area contributed by atoms with Gasteiger partial charge in [0, 0.05) is 0 Å². The van der Waals surface area contributed by atoms with E-state index < -0.39 is 45.6 Å². The van der Waals surface area contributed by atoms with Crippen LogP contribution in [0.2, 0.25) is 0 Å². The normalized spacial score (nSPS) is 11.6. The molecule has 0 spiro atoms. The van der Waals surface area contributed by atoms with Crippen molar-refractivity contribution >= 4 is 34.1 Å². The number of rotatable bonds is 4. The average molecular weight is 324 g/mol. The minimum atomic E-state index is -2.26. The molecule has 2 atom stereocenters. The molecular formula is C4H6K2O8S2. The fourth-order valence-corrected chi connectivity index (χ4v) is 0.605. The van der Waals surface area contributed by atoms with E-state index in [2.05, 4.69) is 0 Å². The van der Waals surface area contributed by atoms with Gasteiger partial charge in [-0.15, -0.1) is 0 Å². The third-order valence-electron chi connectivity index (χ3n) is 0.483. The Balaban J connectivity index is -0.0000000800. The van der Waals surface area contributed by atoms with Crippen LogP contribution in [0.5, 0.6) is 0 Å². The van der Waals surface area contributed by atoms with Gasteiger partial charge in [-0.05, 0) is 0 Å². The van der Waals surface area contributed by atoms with Crippen LogP contribution < -0.4 is 113 Å². The quantitative estimate of drug-likeness (QED) is 0.381. The molecule has 0 saturated carbocycles. The molecule has 0 saturated heterocycles. The van der Waals surface area contributed by atoms with Gasteiger partial charge in [-0.2, -0.15) is 0 Å². The van der Waals surface area contributed by atoms with Gasteiger partial charge in [-0.1, -0.05) is 0 Å². The summed E-state index contributed by atoms with van der Waals surface area (Å²) in [5.74, 6) is -4.64. The van der Waals surface area contributed by atoms with E-state index in [4.69, 9.17) is 9.11 Å². The second-order valence-electron chi connectivity index (χ2n) is 1.68. The van der Waals surface area contributed by atoms with Crippen molar-refractivity contribution in [2.24, 2.45) is 0 Å². The molecule has 0 radical (unpaired) electrons. The van der Waals surface area contributed by atoms with E-state index in [9.17, 15) is 28.2 Å². The molecule has 0 aliphatic rings. The van der Waals surface area contributed by atoms with E-state index in [-0.39, 0.29) is 103 Å². The van der Waals surface area contributed by atoms with Crippen molar-refractivity contribution in [1.82, 2.24) is 0 Å². The molecule has 0 aromatic carbocycles. The molecule has 0 bridgehead atoms. The molecule has 0 fully saturated rings. The number of carboxylic acids is 2. The zero-order valence-corrected chi connectivity index (χ0v) is 16.5. The van der Waals surface area contributed by atoms with Gasteiger partial charge in [0.05, 0.1) is 23.4 Å². The first-order chi connectivity index (χ1) is 6.25. The minimum Gasteiger partial charge on any atom is -0.549 e. The maximum atomic E-state index is 9.50. The first-order valence-electron chi connectivity index (χ1n) is 2.80. The molecule has 0 aromatic heterocycles. The number of aliphatic carboxylic acids is 2. The Hall–Kier alpha value is 2.43. The van der Waals surface area contributed by atoms with Crippen molar-refractivity contribution < 1.29 is 140 Å². The summed E-state index contributed by atoms with van der Waals surface area (Å²) in [4.78, 5) is 18.7. The third kappa shape index (κ3) is 36.0. The Morgan fingerprint density at radius 2 is 1.06 bits per heavy atom. The summed E-state index contributed by atoms with van der Waals surface area (Å²) in [5.41, 5.74) is 0. The first-order valence-corrected chi connectivity index (χ1v) is 5.35. The van der Waals surface area contributed by atoms with Crippen LogP contribution in [0.3, 0.4) is 0 Å². The SMILES string of the molecule is O=C([O-])CS(=O)O.O=C([O-])CS(=O)O.[K+].[K+]. The Morgan fingerprint density at radius 3 is 1.06 bits per heavy atom. The summed E-state index contributed by atoms with van der Waals surface area (Å²) in [6.07, 6.45) is 0. The summed E-state index contributed by atoms with van der Waals surface area (Å²) in [7, 11) is 0. The van der Waals surface area contributed by atoms with Gasteiger partial charge < -0.3 is 28.9 Å². The summed E-state index contributed by atoms with van der Waals surface area (Å²) in [5, 5.41) is 18.7. The fourth-order valence-electron chi connectivity index (χ4n) is 0.202. The number of carbonyl (C=O) groups excluding carboxylic acids is 2. The maximum absolute atomic E-state index is 9.50. The molecular weight excluding hydrogens is 318 g/mol. The molecule has 2 unspecified atom stereocenters. The van der Waals surface area contributed by atoms with Crippen molar-refractivity contribution in [2.75, 3.05) is 11.5 Å². The van der Waals surface area contributed by atoms with Gasteiger partial charge in [0.15, 0.2) is 22.2 Å². The number of hydrogen-bond donors (Lipinski definition) is 2. The number of hydrogen-bond acceptors (Lipinski definition) is 6. The van der Waals surface area contributed by atoms with E-state index in [1.54, 1.807) is 0 Å². The van der Waals surface area contributed by atoms with E-state index >= 15 is 0 Å². The molecule has 0 aliphatic heterocycles. The van der Waals surface area contributed by atoms with E-state index in [0.29, 0.717) is 0 Å². The van der Waals surface area contributed by atoms with Crippen LogP contribution in [0, 0.1) is 0 Å². The van der Waals surface area contributed by atoms with Gasteiger partial charge in [-0.25, -0.2) is 8.42 Å².